The number of ether oxygens (including phenoxy) is 1. The van der Waals surface area contributed by atoms with Crippen molar-refractivity contribution in [1.29, 1.82) is 0 Å². The van der Waals surface area contributed by atoms with Crippen LogP contribution in [0, 0.1) is 6.92 Å². The second kappa shape index (κ2) is 10.9. The fourth-order valence-corrected chi connectivity index (χ4v) is 2.93. The second-order valence-corrected chi connectivity index (χ2v) is 6.78. The summed E-state index contributed by atoms with van der Waals surface area (Å²) in [5.41, 5.74) is 2.67. The molecule has 1 nitrogen and oxygen atoms in total. The molecule has 0 spiro atoms. The highest BCUT2D eigenvalue weighted by molar-refractivity contribution is 5.34. The Bertz CT molecular complexity index is 554. The smallest absolute Gasteiger partial charge is 0.127 e. The van der Waals surface area contributed by atoms with Gasteiger partial charge in [0.2, 0.25) is 0 Å². The minimum atomic E-state index is 0.899. The highest BCUT2D eigenvalue weighted by Crippen LogP contribution is 2.22. The molecule has 0 saturated carbocycles. The molecular weight excluding hydrogens is 292 g/mol. The zero-order valence-corrected chi connectivity index (χ0v) is 15.4. The summed E-state index contributed by atoms with van der Waals surface area (Å²) in [6.45, 7) is 4.36. The summed E-state index contributed by atoms with van der Waals surface area (Å²) in [6, 6.07) is 16.8. The summed E-state index contributed by atoms with van der Waals surface area (Å²) in [4.78, 5) is 0. The van der Waals surface area contributed by atoms with Gasteiger partial charge < -0.3 is 4.74 Å². The zero-order chi connectivity index (χ0) is 17.0. The molecule has 0 aromatic heterocycles. The summed E-state index contributed by atoms with van der Waals surface area (Å²) in [5.74, 6) is 1.81. The third-order valence-electron chi connectivity index (χ3n) is 4.50. The normalized spacial score (nSPS) is 10.8. The van der Waals surface area contributed by atoms with Crippen molar-refractivity contribution in [2.24, 2.45) is 0 Å². The Hall–Kier alpha value is -1.76. The van der Waals surface area contributed by atoms with Crippen LogP contribution in [0.1, 0.15) is 69.4 Å². The van der Waals surface area contributed by atoms with E-state index in [1.54, 1.807) is 0 Å². The highest BCUT2D eigenvalue weighted by Gasteiger charge is 1.99. The number of rotatable bonds is 11. The van der Waals surface area contributed by atoms with E-state index in [1.807, 2.05) is 12.1 Å². The maximum absolute atomic E-state index is 5.88. The lowest BCUT2D eigenvalue weighted by Gasteiger charge is -2.07. The SMILES string of the molecule is CCCCCCCCCCc1ccc(Oc2ccc(C)cc2)cc1. The van der Waals surface area contributed by atoms with Crippen molar-refractivity contribution in [3.8, 4) is 11.5 Å². The molecule has 0 aliphatic rings. The van der Waals surface area contributed by atoms with Crippen LogP contribution < -0.4 is 4.74 Å². The Morgan fingerprint density at radius 3 is 1.71 bits per heavy atom. The van der Waals surface area contributed by atoms with Gasteiger partial charge in [0, 0.05) is 0 Å². The topological polar surface area (TPSA) is 9.23 Å². The van der Waals surface area contributed by atoms with E-state index in [1.165, 1.54) is 68.9 Å². The van der Waals surface area contributed by atoms with Crippen molar-refractivity contribution in [2.75, 3.05) is 0 Å². The number of aryl methyl sites for hydroxylation is 2. The van der Waals surface area contributed by atoms with Gasteiger partial charge in [-0.3, -0.25) is 0 Å². The fraction of sp³-hybridized carbons (Fsp3) is 0.478. The Morgan fingerprint density at radius 2 is 1.12 bits per heavy atom. The van der Waals surface area contributed by atoms with Crippen molar-refractivity contribution in [2.45, 2.75) is 71.6 Å². The Kier molecular flexibility index (Phi) is 8.45. The molecule has 2 aromatic rings. The van der Waals surface area contributed by atoms with Gasteiger partial charge in [0.25, 0.3) is 0 Å². The van der Waals surface area contributed by atoms with Gasteiger partial charge in [0.15, 0.2) is 0 Å². The Balaban J connectivity index is 1.64. The molecule has 0 amide bonds. The average molecular weight is 325 g/mol. The van der Waals surface area contributed by atoms with Gasteiger partial charge in [-0.1, -0.05) is 81.7 Å². The van der Waals surface area contributed by atoms with Crippen LogP contribution in [0.15, 0.2) is 48.5 Å². The molecule has 0 fully saturated rings. The van der Waals surface area contributed by atoms with Crippen molar-refractivity contribution in [3.05, 3.63) is 59.7 Å². The summed E-state index contributed by atoms with van der Waals surface area (Å²) in [7, 11) is 0. The van der Waals surface area contributed by atoms with Crippen LogP contribution >= 0.6 is 0 Å². The number of hydrogen-bond donors (Lipinski definition) is 0. The lowest BCUT2D eigenvalue weighted by atomic mass is 10.0. The monoisotopic (exact) mass is 324 g/mol. The summed E-state index contributed by atoms with van der Waals surface area (Å²) >= 11 is 0. The molecule has 0 aliphatic heterocycles. The molecule has 130 valence electrons. The molecule has 0 bridgehead atoms. The van der Waals surface area contributed by atoms with Crippen LogP contribution in [0.4, 0.5) is 0 Å². The first-order valence-electron chi connectivity index (χ1n) is 9.61. The maximum atomic E-state index is 5.88. The minimum Gasteiger partial charge on any atom is -0.457 e. The van der Waals surface area contributed by atoms with Gasteiger partial charge in [-0.2, -0.15) is 0 Å². The van der Waals surface area contributed by atoms with E-state index in [2.05, 4.69) is 50.2 Å². The van der Waals surface area contributed by atoms with Gasteiger partial charge in [0.05, 0.1) is 0 Å². The van der Waals surface area contributed by atoms with E-state index in [9.17, 15) is 0 Å². The number of hydrogen-bond acceptors (Lipinski definition) is 1. The molecule has 0 unspecified atom stereocenters. The van der Waals surface area contributed by atoms with Crippen molar-refractivity contribution < 1.29 is 4.74 Å². The molecule has 0 N–H and O–H groups in total. The van der Waals surface area contributed by atoms with Gasteiger partial charge in [-0.15, -0.1) is 0 Å². The quantitative estimate of drug-likeness (QED) is 0.389. The molecule has 0 atom stereocenters. The van der Waals surface area contributed by atoms with Crippen LogP contribution in [0.25, 0.3) is 0 Å². The summed E-state index contributed by atoms with van der Waals surface area (Å²) in [5, 5.41) is 0. The molecule has 0 radical (unpaired) electrons. The lowest BCUT2D eigenvalue weighted by Crippen LogP contribution is -1.88. The van der Waals surface area contributed by atoms with E-state index in [-0.39, 0.29) is 0 Å². The first kappa shape index (κ1) is 18.6. The lowest BCUT2D eigenvalue weighted by molar-refractivity contribution is 0.482. The fourth-order valence-electron chi connectivity index (χ4n) is 2.93. The first-order valence-corrected chi connectivity index (χ1v) is 9.61. The third kappa shape index (κ3) is 7.21. The summed E-state index contributed by atoms with van der Waals surface area (Å²) in [6.07, 6.45) is 12.2. The molecule has 2 rings (SSSR count). The number of unbranched alkanes of at least 4 members (excludes halogenated alkanes) is 7. The molecule has 2 aromatic carbocycles. The highest BCUT2D eigenvalue weighted by atomic mass is 16.5. The van der Waals surface area contributed by atoms with E-state index in [0.29, 0.717) is 0 Å². The van der Waals surface area contributed by atoms with E-state index in [4.69, 9.17) is 4.74 Å². The minimum absolute atomic E-state index is 0.899. The van der Waals surface area contributed by atoms with Crippen LogP contribution in [0.3, 0.4) is 0 Å². The van der Waals surface area contributed by atoms with Gasteiger partial charge >= 0.3 is 0 Å². The van der Waals surface area contributed by atoms with Crippen molar-refractivity contribution >= 4 is 0 Å². The second-order valence-electron chi connectivity index (χ2n) is 6.78. The predicted octanol–water partition coefficient (Wildman–Crippen LogP) is 7.47. The van der Waals surface area contributed by atoms with Crippen LogP contribution in [-0.2, 0) is 6.42 Å². The first-order chi connectivity index (χ1) is 11.8. The standard InChI is InChI=1S/C23H32O/c1-3-4-5-6-7-8-9-10-11-21-14-18-23(19-15-21)24-22-16-12-20(2)13-17-22/h12-19H,3-11H2,1-2H3. The Morgan fingerprint density at radius 1 is 0.625 bits per heavy atom. The van der Waals surface area contributed by atoms with E-state index < -0.39 is 0 Å². The average Bonchev–Trinajstić information content (AvgIpc) is 2.61. The molecular formula is C23H32O. The van der Waals surface area contributed by atoms with Crippen LogP contribution in [-0.4, -0.2) is 0 Å². The zero-order valence-electron chi connectivity index (χ0n) is 15.4. The third-order valence-corrected chi connectivity index (χ3v) is 4.50. The molecule has 0 saturated heterocycles. The number of benzene rings is 2. The molecule has 1 heteroatoms. The Labute approximate surface area is 148 Å². The largest absolute Gasteiger partial charge is 0.457 e. The van der Waals surface area contributed by atoms with Crippen LogP contribution in [0.2, 0.25) is 0 Å². The van der Waals surface area contributed by atoms with Crippen molar-refractivity contribution in [3.63, 3.8) is 0 Å². The molecule has 0 aliphatic carbocycles. The van der Waals surface area contributed by atoms with Crippen molar-refractivity contribution in [1.82, 2.24) is 0 Å². The predicted molar refractivity (Wildman–Crippen MR) is 104 cm³/mol. The van der Waals surface area contributed by atoms with E-state index in [0.717, 1.165) is 11.5 Å². The molecule has 0 heterocycles. The van der Waals surface area contributed by atoms with Gasteiger partial charge in [-0.05, 0) is 49.6 Å². The van der Waals surface area contributed by atoms with E-state index >= 15 is 0 Å². The van der Waals surface area contributed by atoms with Gasteiger partial charge in [0.1, 0.15) is 11.5 Å². The maximum Gasteiger partial charge on any atom is 0.127 e. The summed E-state index contributed by atoms with van der Waals surface area (Å²) < 4.78 is 5.88. The molecule has 24 heavy (non-hydrogen) atoms. The van der Waals surface area contributed by atoms with Gasteiger partial charge in [-0.25, -0.2) is 0 Å². The van der Waals surface area contributed by atoms with Crippen LogP contribution in [0.5, 0.6) is 11.5 Å².